The minimum Gasteiger partial charge on any atom is -0.495 e. The van der Waals surface area contributed by atoms with Gasteiger partial charge < -0.3 is 15.4 Å². The highest BCUT2D eigenvalue weighted by Crippen LogP contribution is 2.32. The number of hydrogen-bond donors (Lipinski definition) is 3. The second kappa shape index (κ2) is 8.99. The maximum atomic E-state index is 13.1. The van der Waals surface area contributed by atoms with Crippen LogP contribution in [0.1, 0.15) is 40.9 Å². The van der Waals surface area contributed by atoms with Crippen LogP contribution in [-0.4, -0.2) is 41.7 Å². The number of aromatic nitrogens is 2. The van der Waals surface area contributed by atoms with E-state index >= 15 is 0 Å². The molecule has 3 N–H and O–H groups in total. The van der Waals surface area contributed by atoms with Gasteiger partial charge in [-0.05, 0) is 55.2 Å². The zero-order valence-electron chi connectivity index (χ0n) is 17.1. The summed E-state index contributed by atoms with van der Waals surface area (Å²) < 4.78 is 18.7. The summed E-state index contributed by atoms with van der Waals surface area (Å²) in [7, 11) is 1.49. The quantitative estimate of drug-likeness (QED) is 0.588. The number of hydrogen-bond acceptors (Lipinski definition) is 4. The van der Waals surface area contributed by atoms with Crippen LogP contribution >= 0.6 is 0 Å². The summed E-state index contributed by atoms with van der Waals surface area (Å²) in [4.78, 5) is 25.2. The minimum atomic E-state index is -0.572. The molecule has 1 aromatic heterocycles. The molecule has 2 heterocycles. The molecule has 2 aromatic carbocycles. The summed E-state index contributed by atoms with van der Waals surface area (Å²) in [6.07, 6.45) is 5.93. The van der Waals surface area contributed by atoms with Crippen molar-refractivity contribution in [2.75, 3.05) is 13.7 Å². The van der Waals surface area contributed by atoms with Gasteiger partial charge in [0, 0.05) is 6.54 Å². The number of methoxy groups -OCH3 is 1. The van der Waals surface area contributed by atoms with Crippen LogP contribution in [0.25, 0.3) is 23.1 Å². The molecule has 3 aromatic rings. The second-order valence-electron chi connectivity index (χ2n) is 7.38. The molecular formula is C23H23FN4O3. The first-order chi connectivity index (χ1) is 15.1. The lowest BCUT2D eigenvalue weighted by Crippen LogP contribution is -2.45. The number of nitrogens with one attached hydrogen (secondary N) is 3. The Labute approximate surface area is 178 Å². The fourth-order valence-corrected chi connectivity index (χ4v) is 3.68. The largest absolute Gasteiger partial charge is 0.495 e. The number of rotatable bonds is 5. The molecule has 0 aliphatic carbocycles. The number of aromatic amines is 1. The van der Waals surface area contributed by atoms with Crippen LogP contribution in [0, 0.1) is 5.82 Å². The molecule has 7 nitrogen and oxygen atoms in total. The van der Waals surface area contributed by atoms with E-state index in [9.17, 15) is 14.0 Å². The number of ether oxygens (including phenoxy) is 1. The van der Waals surface area contributed by atoms with Crippen molar-refractivity contribution in [3.05, 3.63) is 59.0 Å². The van der Waals surface area contributed by atoms with Gasteiger partial charge in [0.25, 0.3) is 5.91 Å². The number of carbonyl (C=O) groups is 2. The number of nitrogens with zero attached hydrogens (tertiary/aromatic N) is 1. The fraction of sp³-hybridized carbons (Fsp3) is 0.261. The second-order valence-corrected chi connectivity index (χ2v) is 7.38. The van der Waals surface area contributed by atoms with Gasteiger partial charge >= 0.3 is 0 Å². The van der Waals surface area contributed by atoms with E-state index in [1.54, 1.807) is 36.4 Å². The van der Waals surface area contributed by atoms with Crippen LogP contribution in [0.2, 0.25) is 0 Å². The summed E-state index contributed by atoms with van der Waals surface area (Å²) in [5.74, 6) is -0.480. The summed E-state index contributed by atoms with van der Waals surface area (Å²) in [5, 5.41) is 13.5. The summed E-state index contributed by atoms with van der Waals surface area (Å²) in [6, 6.07) is 8.92. The Balaban J connectivity index is 1.65. The third-order valence-electron chi connectivity index (χ3n) is 5.30. The Bertz CT molecular complexity index is 1140. The van der Waals surface area contributed by atoms with Gasteiger partial charge in [-0.3, -0.25) is 14.7 Å². The highest BCUT2D eigenvalue weighted by molar-refractivity contribution is 6.06. The smallest absolute Gasteiger partial charge is 0.255 e. The maximum Gasteiger partial charge on any atom is 0.255 e. The molecule has 0 bridgehead atoms. The molecule has 4 rings (SSSR count). The molecule has 8 heteroatoms. The van der Waals surface area contributed by atoms with Crippen LogP contribution in [0.15, 0.2) is 36.4 Å². The molecule has 1 saturated heterocycles. The highest BCUT2D eigenvalue weighted by atomic mass is 19.1. The van der Waals surface area contributed by atoms with Crippen molar-refractivity contribution in [2.45, 2.75) is 25.3 Å². The molecular weight excluding hydrogens is 399 g/mol. The molecule has 0 saturated carbocycles. The summed E-state index contributed by atoms with van der Waals surface area (Å²) >= 11 is 0. The van der Waals surface area contributed by atoms with Crippen molar-refractivity contribution in [2.24, 2.45) is 0 Å². The Kier molecular flexibility index (Phi) is 5.97. The average molecular weight is 422 g/mol. The maximum absolute atomic E-state index is 13.1. The van der Waals surface area contributed by atoms with Gasteiger partial charge in [-0.1, -0.05) is 18.2 Å². The first kappa shape index (κ1) is 20.6. The Hall–Kier alpha value is -3.68. The summed E-state index contributed by atoms with van der Waals surface area (Å²) in [5.41, 5.74) is 2.42. The van der Waals surface area contributed by atoms with Gasteiger partial charge in [-0.15, -0.1) is 0 Å². The normalized spacial score (nSPS) is 16.8. The van der Waals surface area contributed by atoms with Gasteiger partial charge in [0.05, 0.1) is 29.3 Å². The number of amides is 2. The third kappa shape index (κ3) is 4.42. The predicted molar refractivity (Wildman–Crippen MR) is 116 cm³/mol. The van der Waals surface area contributed by atoms with Crippen LogP contribution in [0.3, 0.4) is 0 Å². The van der Waals surface area contributed by atoms with E-state index in [2.05, 4.69) is 20.8 Å². The monoisotopic (exact) mass is 422 g/mol. The van der Waals surface area contributed by atoms with Crippen molar-refractivity contribution in [3.63, 3.8) is 0 Å². The number of H-pyrrole nitrogens is 1. The van der Waals surface area contributed by atoms with Crippen LogP contribution < -0.4 is 15.4 Å². The zero-order valence-corrected chi connectivity index (χ0v) is 17.1. The molecule has 160 valence electrons. The Morgan fingerprint density at radius 3 is 2.77 bits per heavy atom. The zero-order chi connectivity index (χ0) is 21.8. The Morgan fingerprint density at radius 2 is 2.00 bits per heavy atom. The number of carbonyl (C=O) groups excluding carboxylic acids is 2. The van der Waals surface area contributed by atoms with E-state index in [0.717, 1.165) is 18.4 Å². The van der Waals surface area contributed by atoms with Gasteiger partial charge in [0.15, 0.2) is 0 Å². The van der Waals surface area contributed by atoms with Crippen molar-refractivity contribution in [1.82, 2.24) is 20.8 Å². The number of benzene rings is 2. The highest BCUT2D eigenvalue weighted by Gasteiger charge is 2.25. The van der Waals surface area contributed by atoms with Crippen molar-refractivity contribution >= 4 is 34.9 Å². The number of fused-ring (bicyclic) bond motifs is 1. The SMILES string of the molecule is COc1c(C(=O)NC2CCCCNC2=O)ccc2[nH]nc(C=Cc3ccc(F)cc3)c12. The van der Waals surface area contributed by atoms with E-state index in [1.807, 2.05) is 0 Å². The van der Waals surface area contributed by atoms with Crippen molar-refractivity contribution in [1.29, 1.82) is 0 Å². The van der Waals surface area contributed by atoms with E-state index < -0.39 is 6.04 Å². The molecule has 0 spiro atoms. The van der Waals surface area contributed by atoms with E-state index in [0.29, 0.717) is 40.9 Å². The van der Waals surface area contributed by atoms with Crippen LogP contribution in [-0.2, 0) is 4.79 Å². The third-order valence-corrected chi connectivity index (χ3v) is 5.30. The first-order valence-electron chi connectivity index (χ1n) is 10.1. The lowest BCUT2D eigenvalue weighted by molar-refractivity contribution is -0.122. The lowest BCUT2D eigenvalue weighted by Gasteiger charge is -2.16. The van der Waals surface area contributed by atoms with E-state index in [-0.39, 0.29) is 17.6 Å². The average Bonchev–Trinajstić information content (AvgIpc) is 3.09. The molecule has 0 radical (unpaired) electrons. The molecule has 2 amide bonds. The van der Waals surface area contributed by atoms with Gasteiger partial charge in [-0.25, -0.2) is 4.39 Å². The van der Waals surface area contributed by atoms with Crippen LogP contribution in [0.4, 0.5) is 4.39 Å². The standard InChI is InChI=1S/C23H23FN4O3/c1-31-21-16(22(29)26-19-4-2-3-13-25-23(19)30)10-12-18-20(21)17(27-28-18)11-7-14-5-8-15(24)9-6-14/h5-12,19H,2-4,13H2,1H3,(H,25,30)(H,26,29)(H,27,28). The van der Waals surface area contributed by atoms with Gasteiger partial charge in [0.2, 0.25) is 5.91 Å². The van der Waals surface area contributed by atoms with Crippen LogP contribution in [0.5, 0.6) is 5.75 Å². The molecule has 1 atom stereocenters. The van der Waals surface area contributed by atoms with Crippen molar-refractivity contribution < 1.29 is 18.7 Å². The van der Waals surface area contributed by atoms with Gasteiger partial charge in [0.1, 0.15) is 17.6 Å². The number of halogens is 1. The summed E-state index contributed by atoms with van der Waals surface area (Å²) in [6.45, 7) is 0.624. The molecule has 1 aliphatic rings. The molecule has 1 unspecified atom stereocenters. The van der Waals surface area contributed by atoms with E-state index in [1.165, 1.54) is 19.2 Å². The van der Waals surface area contributed by atoms with Crippen molar-refractivity contribution in [3.8, 4) is 5.75 Å². The minimum absolute atomic E-state index is 0.169. The molecule has 1 aliphatic heterocycles. The van der Waals surface area contributed by atoms with Gasteiger partial charge in [-0.2, -0.15) is 5.10 Å². The van der Waals surface area contributed by atoms with E-state index in [4.69, 9.17) is 4.74 Å². The predicted octanol–water partition coefficient (Wildman–Crippen LogP) is 3.28. The molecule has 31 heavy (non-hydrogen) atoms. The first-order valence-corrected chi connectivity index (χ1v) is 10.1. The topological polar surface area (TPSA) is 96.1 Å². The lowest BCUT2D eigenvalue weighted by atomic mass is 10.1. The fourth-order valence-electron chi connectivity index (χ4n) is 3.68. The molecule has 1 fully saturated rings. The Morgan fingerprint density at radius 1 is 1.19 bits per heavy atom.